The van der Waals surface area contributed by atoms with Gasteiger partial charge in [0.25, 0.3) is 0 Å². The lowest BCUT2D eigenvalue weighted by molar-refractivity contribution is 0.0898. The molecule has 112 valence electrons. The fourth-order valence-electron chi connectivity index (χ4n) is 2.24. The van der Waals surface area contributed by atoms with Crippen LogP contribution < -0.4 is 10.6 Å². The molecule has 1 unspecified atom stereocenters. The van der Waals surface area contributed by atoms with E-state index >= 15 is 0 Å². The Kier molecular flexibility index (Phi) is 4.77. The van der Waals surface area contributed by atoms with Crippen LogP contribution in [0.2, 0.25) is 0 Å². The van der Waals surface area contributed by atoms with Gasteiger partial charge in [0, 0.05) is 32.2 Å². The second-order valence-electron chi connectivity index (χ2n) is 5.26. The molecule has 0 saturated carbocycles. The molecule has 0 bridgehead atoms. The lowest BCUT2D eigenvalue weighted by Gasteiger charge is -2.34. The molecule has 0 amide bonds. The van der Waals surface area contributed by atoms with E-state index in [4.69, 9.17) is 5.14 Å². The van der Waals surface area contributed by atoms with Gasteiger partial charge in [0.05, 0.1) is 4.90 Å². The molecule has 1 saturated heterocycles. The number of primary sulfonamides is 1. The number of benzene rings is 1. The van der Waals surface area contributed by atoms with Gasteiger partial charge in [-0.05, 0) is 31.7 Å². The van der Waals surface area contributed by atoms with Crippen molar-refractivity contribution in [1.82, 2.24) is 15.3 Å². The maximum Gasteiger partial charge on any atom is 0.238 e. The van der Waals surface area contributed by atoms with E-state index in [-0.39, 0.29) is 10.9 Å². The topological polar surface area (TPSA) is 78.7 Å². The van der Waals surface area contributed by atoms with Gasteiger partial charge >= 0.3 is 0 Å². The van der Waals surface area contributed by atoms with Gasteiger partial charge in [0.1, 0.15) is 0 Å². The van der Waals surface area contributed by atoms with Gasteiger partial charge in [0.2, 0.25) is 10.0 Å². The normalized spacial score (nSPS) is 19.9. The van der Waals surface area contributed by atoms with Crippen molar-refractivity contribution < 1.29 is 8.42 Å². The molecule has 1 aromatic carbocycles. The zero-order valence-corrected chi connectivity index (χ0v) is 12.7. The number of sulfonamides is 1. The van der Waals surface area contributed by atoms with Crippen LogP contribution in [0, 0.1) is 0 Å². The molecule has 1 aliphatic rings. The van der Waals surface area contributed by atoms with Crippen LogP contribution in [0.1, 0.15) is 18.5 Å². The number of nitrogens with zero attached hydrogens (tertiary/aromatic N) is 2. The molecular weight excluding hydrogens is 276 g/mol. The standard InChI is InChI=1S/C13H22N4O2S/c1-11(15-17-8-6-16(2)7-9-17)12-4-3-5-13(10-12)20(14,18)19/h3-5,10-11,15H,6-9H2,1-2H3,(H2,14,18,19). The summed E-state index contributed by atoms with van der Waals surface area (Å²) in [6.45, 7) is 5.97. The molecular formula is C13H22N4O2S. The van der Waals surface area contributed by atoms with Crippen molar-refractivity contribution in [2.45, 2.75) is 17.9 Å². The molecule has 2 rings (SSSR count). The van der Waals surface area contributed by atoms with Crippen LogP contribution >= 0.6 is 0 Å². The molecule has 0 aromatic heterocycles. The lowest BCUT2D eigenvalue weighted by Crippen LogP contribution is -2.51. The van der Waals surface area contributed by atoms with Gasteiger partial charge in [-0.1, -0.05) is 12.1 Å². The highest BCUT2D eigenvalue weighted by molar-refractivity contribution is 7.89. The predicted molar refractivity (Wildman–Crippen MR) is 78.4 cm³/mol. The fourth-order valence-corrected chi connectivity index (χ4v) is 2.81. The minimum Gasteiger partial charge on any atom is -0.304 e. The molecule has 1 aliphatic heterocycles. The smallest absolute Gasteiger partial charge is 0.238 e. The third kappa shape index (κ3) is 4.00. The zero-order chi connectivity index (χ0) is 14.8. The third-order valence-corrected chi connectivity index (χ3v) is 4.48. The summed E-state index contributed by atoms with van der Waals surface area (Å²) in [5.41, 5.74) is 4.32. The minimum absolute atomic E-state index is 0.0418. The Bertz CT molecular complexity index is 553. The number of rotatable bonds is 4. The van der Waals surface area contributed by atoms with Gasteiger partial charge < -0.3 is 4.90 Å². The summed E-state index contributed by atoms with van der Waals surface area (Å²) in [6, 6.07) is 6.81. The van der Waals surface area contributed by atoms with E-state index in [1.165, 1.54) is 6.07 Å². The van der Waals surface area contributed by atoms with Gasteiger partial charge in [0.15, 0.2) is 0 Å². The van der Waals surface area contributed by atoms with Crippen molar-refractivity contribution in [3.63, 3.8) is 0 Å². The molecule has 1 atom stereocenters. The summed E-state index contributed by atoms with van der Waals surface area (Å²) in [5, 5.41) is 7.34. The van der Waals surface area contributed by atoms with Crippen LogP contribution in [0.25, 0.3) is 0 Å². The van der Waals surface area contributed by atoms with Crippen LogP contribution in [0.4, 0.5) is 0 Å². The number of nitrogens with one attached hydrogen (secondary N) is 1. The largest absolute Gasteiger partial charge is 0.304 e. The van der Waals surface area contributed by atoms with Crippen LogP contribution in [0.3, 0.4) is 0 Å². The maximum atomic E-state index is 11.4. The zero-order valence-electron chi connectivity index (χ0n) is 11.9. The van der Waals surface area contributed by atoms with E-state index in [1.807, 2.05) is 13.0 Å². The number of nitrogens with two attached hydrogens (primary N) is 1. The van der Waals surface area contributed by atoms with Crippen LogP contribution in [0.5, 0.6) is 0 Å². The molecule has 0 aliphatic carbocycles. The first-order valence-electron chi connectivity index (χ1n) is 6.68. The summed E-state index contributed by atoms with van der Waals surface area (Å²) < 4.78 is 22.8. The SMILES string of the molecule is CC(NN1CCN(C)CC1)c1cccc(S(N)(=O)=O)c1. The summed E-state index contributed by atoms with van der Waals surface area (Å²) in [4.78, 5) is 2.44. The molecule has 6 nitrogen and oxygen atoms in total. The van der Waals surface area contributed by atoms with Crippen molar-refractivity contribution in [1.29, 1.82) is 0 Å². The first kappa shape index (κ1) is 15.4. The summed E-state index contributed by atoms with van der Waals surface area (Å²) >= 11 is 0. The predicted octanol–water partition coefficient (Wildman–Crippen LogP) is 0.147. The first-order valence-corrected chi connectivity index (χ1v) is 8.23. The quantitative estimate of drug-likeness (QED) is 0.827. The Morgan fingerprint density at radius 3 is 2.50 bits per heavy atom. The monoisotopic (exact) mass is 298 g/mol. The van der Waals surface area contributed by atoms with Gasteiger partial charge in [-0.15, -0.1) is 0 Å². The average molecular weight is 298 g/mol. The van der Waals surface area contributed by atoms with Crippen molar-refractivity contribution in [3.8, 4) is 0 Å². The molecule has 1 heterocycles. The van der Waals surface area contributed by atoms with E-state index in [0.717, 1.165) is 31.7 Å². The van der Waals surface area contributed by atoms with E-state index < -0.39 is 10.0 Å². The average Bonchev–Trinajstić information content (AvgIpc) is 2.40. The Hall–Kier alpha value is -0.990. The Morgan fingerprint density at radius 2 is 1.90 bits per heavy atom. The Balaban J connectivity index is 2.04. The van der Waals surface area contributed by atoms with E-state index in [1.54, 1.807) is 12.1 Å². The fraction of sp³-hybridized carbons (Fsp3) is 0.538. The van der Waals surface area contributed by atoms with E-state index in [9.17, 15) is 8.42 Å². The molecule has 0 radical (unpaired) electrons. The first-order chi connectivity index (χ1) is 9.36. The lowest BCUT2D eigenvalue weighted by atomic mass is 10.1. The van der Waals surface area contributed by atoms with E-state index in [0.29, 0.717) is 0 Å². The van der Waals surface area contributed by atoms with Gasteiger partial charge in [-0.3, -0.25) is 0 Å². The minimum atomic E-state index is -3.65. The number of hydrogen-bond acceptors (Lipinski definition) is 5. The molecule has 20 heavy (non-hydrogen) atoms. The number of hydrazine groups is 1. The second-order valence-corrected chi connectivity index (χ2v) is 6.82. The highest BCUT2D eigenvalue weighted by Crippen LogP contribution is 2.17. The highest BCUT2D eigenvalue weighted by Gasteiger charge is 2.17. The van der Waals surface area contributed by atoms with Crippen molar-refractivity contribution in [3.05, 3.63) is 29.8 Å². The van der Waals surface area contributed by atoms with Crippen LogP contribution in [0.15, 0.2) is 29.2 Å². The van der Waals surface area contributed by atoms with Crippen molar-refractivity contribution in [2.24, 2.45) is 5.14 Å². The molecule has 0 spiro atoms. The summed E-state index contributed by atoms with van der Waals surface area (Å²) in [6.07, 6.45) is 0. The highest BCUT2D eigenvalue weighted by atomic mass is 32.2. The van der Waals surface area contributed by atoms with Gasteiger partial charge in [-0.2, -0.15) is 0 Å². The molecule has 1 aromatic rings. The maximum absolute atomic E-state index is 11.4. The van der Waals surface area contributed by atoms with Crippen LogP contribution in [-0.2, 0) is 10.0 Å². The molecule has 7 heteroatoms. The third-order valence-electron chi connectivity index (χ3n) is 3.57. The van der Waals surface area contributed by atoms with Gasteiger partial charge in [-0.25, -0.2) is 24.0 Å². The Labute approximate surface area is 120 Å². The molecule has 1 fully saturated rings. The summed E-state index contributed by atoms with van der Waals surface area (Å²) in [7, 11) is -1.54. The number of likely N-dealkylation sites (N-methyl/N-ethyl adjacent to an activating group) is 1. The van der Waals surface area contributed by atoms with E-state index in [2.05, 4.69) is 22.4 Å². The second kappa shape index (κ2) is 6.19. The van der Waals surface area contributed by atoms with Crippen LogP contribution in [-0.4, -0.2) is 51.6 Å². The molecule has 3 N–H and O–H groups in total. The Morgan fingerprint density at radius 1 is 1.25 bits per heavy atom. The van der Waals surface area contributed by atoms with Crippen molar-refractivity contribution in [2.75, 3.05) is 33.2 Å². The summed E-state index contributed by atoms with van der Waals surface area (Å²) in [5.74, 6) is 0. The number of piperazine rings is 1. The number of hydrogen-bond donors (Lipinski definition) is 2. The van der Waals surface area contributed by atoms with Crippen molar-refractivity contribution >= 4 is 10.0 Å².